The second-order valence-electron chi connectivity index (χ2n) is 8.11. The first-order chi connectivity index (χ1) is 14.6. The summed E-state index contributed by atoms with van der Waals surface area (Å²) >= 11 is 0. The van der Waals surface area contributed by atoms with E-state index in [2.05, 4.69) is 68.5 Å². The average Bonchev–Trinajstić information content (AvgIpc) is 3.38. The Kier molecular flexibility index (Phi) is 8.13. The molecule has 1 atom stereocenters. The van der Waals surface area contributed by atoms with Gasteiger partial charge in [0.2, 0.25) is 5.91 Å². The summed E-state index contributed by atoms with van der Waals surface area (Å²) in [7, 11) is 3.52. The van der Waals surface area contributed by atoms with E-state index in [1.807, 2.05) is 0 Å². The van der Waals surface area contributed by atoms with Gasteiger partial charge in [-0.15, -0.1) is 0 Å². The van der Waals surface area contributed by atoms with Crippen LogP contribution in [0, 0.1) is 0 Å². The fraction of sp³-hybridized carbons (Fsp3) is 0.565. The largest absolute Gasteiger partial charge is 0.356 e. The molecular formula is C23H36N6O. The second kappa shape index (κ2) is 11.0. The predicted octanol–water partition coefficient (Wildman–Crippen LogP) is 2.14. The Labute approximate surface area is 180 Å². The molecule has 1 unspecified atom stereocenters. The van der Waals surface area contributed by atoms with E-state index in [1.54, 1.807) is 19.0 Å². The van der Waals surface area contributed by atoms with Crippen LogP contribution in [0.15, 0.2) is 41.5 Å². The van der Waals surface area contributed by atoms with E-state index in [9.17, 15) is 4.79 Å². The van der Waals surface area contributed by atoms with E-state index in [0.29, 0.717) is 6.04 Å². The van der Waals surface area contributed by atoms with Crippen molar-refractivity contribution in [3.63, 3.8) is 0 Å². The molecule has 1 aliphatic heterocycles. The zero-order valence-corrected chi connectivity index (χ0v) is 18.6. The van der Waals surface area contributed by atoms with Crippen molar-refractivity contribution in [2.75, 3.05) is 46.8 Å². The third kappa shape index (κ3) is 5.98. The number of benzene rings is 1. The number of amides is 1. The molecule has 2 N–H and O–H groups in total. The molecule has 164 valence electrons. The fourth-order valence-corrected chi connectivity index (χ4v) is 4.01. The van der Waals surface area contributed by atoms with Crippen LogP contribution in [-0.2, 0) is 11.3 Å². The summed E-state index contributed by atoms with van der Waals surface area (Å²) in [6, 6.07) is 11.1. The fourth-order valence-electron chi connectivity index (χ4n) is 4.01. The Morgan fingerprint density at radius 2 is 2.07 bits per heavy atom. The molecule has 7 heteroatoms. The van der Waals surface area contributed by atoms with Gasteiger partial charge in [0, 0.05) is 51.5 Å². The van der Waals surface area contributed by atoms with Gasteiger partial charge in [-0.1, -0.05) is 25.1 Å². The molecule has 0 saturated carbocycles. The number of carbonyl (C=O) groups excluding carboxylic acids is 1. The van der Waals surface area contributed by atoms with Gasteiger partial charge in [0.25, 0.3) is 0 Å². The van der Waals surface area contributed by atoms with E-state index in [4.69, 9.17) is 0 Å². The Bertz CT molecular complexity index is 843. The third-order valence-electron chi connectivity index (χ3n) is 5.83. The number of nitrogens with one attached hydrogen (secondary N) is 2. The van der Waals surface area contributed by atoms with E-state index in [0.717, 1.165) is 38.6 Å². The topological polar surface area (TPSA) is 64.9 Å². The Morgan fingerprint density at radius 1 is 1.23 bits per heavy atom. The van der Waals surface area contributed by atoms with Gasteiger partial charge in [-0.05, 0) is 49.9 Å². The van der Waals surface area contributed by atoms with Crippen LogP contribution in [0.2, 0.25) is 0 Å². The summed E-state index contributed by atoms with van der Waals surface area (Å²) in [6.45, 7) is 7.23. The van der Waals surface area contributed by atoms with Crippen LogP contribution in [0.1, 0.15) is 26.2 Å². The zero-order chi connectivity index (χ0) is 21.3. The maximum atomic E-state index is 12.0. The molecule has 1 aliphatic rings. The van der Waals surface area contributed by atoms with Crippen molar-refractivity contribution < 1.29 is 4.79 Å². The van der Waals surface area contributed by atoms with Gasteiger partial charge in [-0.2, -0.15) is 0 Å². The zero-order valence-electron chi connectivity index (χ0n) is 18.6. The molecule has 1 aromatic heterocycles. The van der Waals surface area contributed by atoms with E-state index in [-0.39, 0.29) is 12.5 Å². The smallest absolute Gasteiger partial charge is 0.243 e. The van der Waals surface area contributed by atoms with Crippen molar-refractivity contribution in [2.45, 2.75) is 38.8 Å². The van der Waals surface area contributed by atoms with Crippen LogP contribution in [0.3, 0.4) is 0 Å². The number of aryl methyl sites for hydroxylation is 1. The summed E-state index contributed by atoms with van der Waals surface area (Å²) in [6.07, 6.45) is 5.59. The summed E-state index contributed by atoms with van der Waals surface area (Å²) < 4.78 is 2.29. The van der Waals surface area contributed by atoms with E-state index >= 15 is 0 Å². The highest BCUT2D eigenvalue weighted by Crippen LogP contribution is 2.16. The molecule has 0 bridgehead atoms. The van der Waals surface area contributed by atoms with Crippen molar-refractivity contribution >= 4 is 22.8 Å². The predicted molar refractivity (Wildman–Crippen MR) is 124 cm³/mol. The molecule has 1 fully saturated rings. The highest BCUT2D eigenvalue weighted by Gasteiger charge is 2.22. The number of fused-ring (bicyclic) bond motifs is 1. The average molecular weight is 413 g/mol. The number of aromatic nitrogens is 1. The minimum atomic E-state index is 0.00552. The van der Waals surface area contributed by atoms with E-state index < -0.39 is 0 Å². The number of carbonyl (C=O) groups is 1. The molecule has 2 aromatic rings. The van der Waals surface area contributed by atoms with Crippen LogP contribution in [0.5, 0.6) is 0 Å². The molecule has 3 rings (SSSR count). The van der Waals surface area contributed by atoms with Crippen LogP contribution in [0.25, 0.3) is 10.9 Å². The van der Waals surface area contributed by atoms with Gasteiger partial charge < -0.3 is 20.1 Å². The molecule has 0 aliphatic carbocycles. The van der Waals surface area contributed by atoms with Gasteiger partial charge in [-0.3, -0.25) is 9.69 Å². The Hall–Kier alpha value is -2.54. The van der Waals surface area contributed by atoms with Crippen LogP contribution in [-0.4, -0.2) is 79.1 Å². The van der Waals surface area contributed by atoms with Crippen molar-refractivity contribution in [1.29, 1.82) is 0 Å². The number of para-hydroxylation sites is 1. The lowest BCUT2D eigenvalue weighted by molar-refractivity contribution is -0.127. The number of aliphatic imine (C=N–C) groups is 1. The first-order valence-electron chi connectivity index (χ1n) is 11.1. The normalized spacial score (nSPS) is 17.4. The van der Waals surface area contributed by atoms with Crippen molar-refractivity contribution in [3.05, 3.63) is 36.5 Å². The number of hydrogen-bond donors (Lipinski definition) is 2. The first kappa shape index (κ1) is 22.2. The maximum Gasteiger partial charge on any atom is 0.243 e. The highest BCUT2D eigenvalue weighted by molar-refractivity contribution is 5.84. The standard InChI is InChI=1S/C23H36N6O/c1-4-28-14-7-10-20(28)17-25-23(26-18-22(30)27(2)3)24-13-8-15-29-16-12-19-9-5-6-11-21(19)29/h5-6,9,11-12,16,20H,4,7-8,10,13-15,17-18H2,1-3H3,(H2,24,25,26). The number of rotatable bonds is 9. The first-order valence-corrected chi connectivity index (χ1v) is 11.1. The van der Waals surface area contributed by atoms with Gasteiger partial charge in [0.1, 0.15) is 6.54 Å². The van der Waals surface area contributed by atoms with Gasteiger partial charge in [0.05, 0.1) is 0 Å². The molecule has 1 amide bonds. The summed E-state index contributed by atoms with van der Waals surface area (Å²) in [5, 5.41) is 8.15. The van der Waals surface area contributed by atoms with Crippen LogP contribution < -0.4 is 10.6 Å². The summed E-state index contributed by atoms with van der Waals surface area (Å²) in [5.74, 6) is 0.733. The van der Waals surface area contributed by atoms with Crippen LogP contribution in [0.4, 0.5) is 0 Å². The Morgan fingerprint density at radius 3 is 2.87 bits per heavy atom. The third-order valence-corrected chi connectivity index (χ3v) is 5.83. The monoisotopic (exact) mass is 412 g/mol. The molecule has 1 aromatic carbocycles. The second-order valence-corrected chi connectivity index (χ2v) is 8.11. The number of likely N-dealkylation sites (tertiary alicyclic amines) is 1. The molecule has 0 spiro atoms. The lowest BCUT2D eigenvalue weighted by Gasteiger charge is -2.24. The summed E-state index contributed by atoms with van der Waals surface area (Å²) in [4.78, 5) is 20.6. The molecule has 0 radical (unpaired) electrons. The number of likely N-dealkylation sites (N-methyl/N-ethyl adjacent to an activating group) is 2. The number of guanidine groups is 1. The molecule has 1 saturated heterocycles. The molecule has 7 nitrogen and oxygen atoms in total. The minimum Gasteiger partial charge on any atom is -0.356 e. The van der Waals surface area contributed by atoms with Crippen molar-refractivity contribution in [1.82, 2.24) is 25.0 Å². The van der Waals surface area contributed by atoms with Crippen molar-refractivity contribution in [2.24, 2.45) is 4.99 Å². The molecule has 30 heavy (non-hydrogen) atoms. The molecule has 2 heterocycles. The van der Waals surface area contributed by atoms with E-state index in [1.165, 1.54) is 30.3 Å². The maximum absolute atomic E-state index is 12.0. The molecular weight excluding hydrogens is 376 g/mol. The SMILES string of the molecule is CCN1CCCC1CNC(=NCC(=O)N(C)C)NCCCn1ccc2ccccc21. The lowest BCUT2D eigenvalue weighted by Crippen LogP contribution is -2.45. The minimum absolute atomic E-state index is 0.00552. The van der Waals surface area contributed by atoms with Crippen LogP contribution >= 0.6 is 0 Å². The Balaban J connectivity index is 1.52. The highest BCUT2D eigenvalue weighted by atomic mass is 16.2. The van der Waals surface area contributed by atoms with Gasteiger partial charge in [0.15, 0.2) is 5.96 Å². The lowest BCUT2D eigenvalue weighted by atomic mass is 10.2. The number of hydrogen-bond acceptors (Lipinski definition) is 3. The van der Waals surface area contributed by atoms with Crippen molar-refractivity contribution in [3.8, 4) is 0 Å². The summed E-state index contributed by atoms with van der Waals surface area (Å²) in [5.41, 5.74) is 1.27. The number of nitrogens with zero attached hydrogens (tertiary/aromatic N) is 4. The van der Waals surface area contributed by atoms with Gasteiger partial charge in [-0.25, -0.2) is 4.99 Å². The quantitative estimate of drug-likeness (QED) is 0.376. The van der Waals surface area contributed by atoms with Gasteiger partial charge >= 0.3 is 0 Å².